The molecular weight excluding hydrogens is 379 g/mol. The van der Waals surface area contributed by atoms with Crippen LogP contribution in [0.5, 0.6) is 5.88 Å². The Kier molecular flexibility index (Phi) is 5.65. The number of carboxylic acids is 1. The zero-order valence-electron chi connectivity index (χ0n) is 16.2. The van der Waals surface area contributed by atoms with Gasteiger partial charge in [0, 0.05) is 11.8 Å². The lowest BCUT2D eigenvalue weighted by atomic mass is 10.0. The zero-order chi connectivity index (χ0) is 21.3. The Morgan fingerprint density at radius 2 is 1.93 bits per heavy atom. The fourth-order valence-corrected chi connectivity index (χ4v) is 3.27. The van der Waals surface area contributed by atoms with E-state index in [1.54, 1.807) is 0 Å². The fourth-order valence-electron chi connectivity index (χ4n) is 3.27. The Morgan fingerprint density at radius 3 is 2.45 bits per heavy atom. The van der Waals surface area contributed by atoms with E-state index in [1.807, 2.05) is 13.8 Å². The van der Waals surface area contributed by atoms with Gasteiger partial charge < -0.3 is 19.5 Å². The number of carbonyl (C=O) groups is 1. The molecule has 3 rings (SSSR count). The summed E-state index contributed by atoms with van der Waals surface area (Å²) < 4.78 is 20.2. The number of carboxylic acid groups (broad SMARTS) is 1. The van der Waals surface area contributed by atoms with E-state index in [0.29, 0.717) is 11.1 Å². The van der Waals surface area contributed by atoms with Crippen molar-refractivity contribution in [3.8, 4) is 17.0 Å². The maximum absolute atomic E-state index is 13.3. The van der Waals surface area contributed by atoms with Gasteiger partial charge in [-0.05, 0) is 29.7 Å². The van der Waals surface area contributed by atoms with E-state index in [0.717, 1.165) is 0 Å². The standard InChI is InChI=1S/C21H21FN2O5/c1-11(2)17(10-25)24-9-16(21(27)28)18(26)15-8-14(20(29-3)23-19(15)24)12-4-6-13(22)7-5-12/h4-9,11,17,25H,10H2,1-3H3,(H,27,28)/t17-/m1/s1. The normalized spacial score (nSPS) is 12.3. The number of rotatable bonds is 6. The van der Waals surface area contributed by atoms with E-state index in [-0.39, 0.29) is 29.4 Å². The lowest BCUT2D eigenvalue weighted by Gasteiger charge is -2.24. The van der Waals surface area contributed by atoms with Crippen LogP contribution in [0.2, 0.25) is 0 Å². The number of halogens is 1. The average molecular weight is 400 g/mol. The quantitative estimate of drug-likeness (QED) is 0.659. The fraction of sp³-hybridized carbons (Fsp3) is 0.286. The van der Waals surface area contributed by atoms with Gasteiger partial charge in [0.1, 0.15) is 17.0 Å². The molecule has 1 aromatic carbocycles. The predicted octanol–water partition coefficient (Wildman–Crippen LogP) is 3.10. The highest BCUT2D eigenvalue weighted by molar-refractivity contribution is 5.93. The van der Waals surface area contributed by atoms with Crippen LogP contribution in [0.4, 0.5) is 4.39 Å². The molecule has 0 spiro atoms. The molecule has 0 aliphatic carbocycles. The number of aromatic carboxylic acids is 1. The molecule has 2 aromatic heterocycles. The second-order valence-corrected chi connectivity index (χ2v) is 7.00. The number of aliphatic hydroxyl groups is 1. The summed E-state index contributed by atoms with van der Waals surface area (Å²) in [4.78, 5) is 28.9. The van der Waals surface area contributed by atoms with Crippen molar-refractivity contribution in [1.82, 2.24) is 9.55 Å². The third-order valence-electron chi connectivity index (χ3n) is 4.86. The second-order valence-electron chi connectivity index (χ2n) is 7.00. The van der Waals surface area contributed by atoms with Crippen LogP contribution < -0.4 is 10.2 Å². The summed E-state index contributed by atoms with van der Waals surface area (Å²) in [6, 6.07) is 6.58. The molecule has 0 unspecified atom stereocenters. The van der Waals surface area contributed by atoms with Gasteiger partial charge in [0.25, 0.3) is 0 Å². The number of fused-ring (bicyclic) bond motifs is 1. The summed E-state index contributed by atoms with van der Waals surface area (Å²) in [7, 11) is 1.42. The van der Waals surface area contributed by atoms with E-state index in [4.69, 9.17) is 4.74 Å². The van der Waals surface area contributed by atoms with Crippen LogP contribution in [0.1, 0.15) is 30.2 Å². The van der Waals surface area contributed by atoms with Crippen LogP contribution in [0.15, 0.2) is 41.3 Å². The molecule has 0 aliphatic rings. The number of methoxy groups -OCH3 is 1. The number of aliphatic hydroxyl groups excluding tert-OH is 1. The van der Waals surface area contributed by atoms with Crippen LogP contribution >= 0.6 is 0 Å². The van der Waals surface area contributed by atoms with Crippen molar-refractivity contribution in [3.63, 3.8) is 0 Å². The summed E-state index contributed by atoms with van der Waals surface area (Å²) in [5.41, 5.74) is 0.0787. The number of aromatic nitrogens is 2. The highest BCUT2D eigenvalue weighted by atomic mass is 19.1. The molecule has 0 saturated heterocycles. The van der Waals surface area contributed by atoms with E-state index in [9.17, 15) is 24.2 Å². The minimum Gasteiger partial charge on any atom is -0.480 e. The molecule has 0 radical (unpaired) electrons. The minimum absolute atomic E-state index is 0.0584. The lowest BCUT2D eigenvalue weighted by molar-refractivity contribution is 0.0694. The first-order valence-corrected chi connectivity index (χ1v) is 9.02. The molecule has 0 bridgehead atoms. The molecule has 0 amide bonds. The summed E-state index contributed by atoms with van der Waals surface area (Å²) in [6.07, 6.45) is 1.21. The van der Waals surface area contributed by atoms with Crippen molar-refractivity contribution in [2.75, 3.05) is 13.7 Å². The molecule has 8 heteroatoms. The SMILES string of the molecule is COc1nc2c(cc1-c1ccc(F)cc1)c(=O)c(C(=O)O)cn2[C@H](CO)C(C)C. The van der Waals surface area contributed by atoms with Gasteiger partial charge in [-0.15, -0.1) is 0 Å². The van der Waals surface area contributed by atoms with Crippen LogP contribution in [0.3, 0.4) is 0 Å². The Balaban J connectivity index is 2.42. The van der Waals surface area contributed by atoms with Gasteiger partial charge in [0.15, 0.2) is 0 Å². The third-order valence-corrected chi connectivity index (χ3v) is 4.86. The number of nitrogens with zero attached hydrogens (tertiary/aromatic N) is 2. The van der Waals surface area contributed by atoms with E-state index < -0.39 is 28.8 Å². The minimum atomic E-state index is -1.37. The van der Waals surface area contributed by atoms with E-state index >= 15 is 0 Å². The topological polar surface area (TPSA) is 102 Å². The molecule has 0 saturated carbocycles. The highest BCUT2D eigenvalue weighted by Gasteiger charge is 2.23. The van der Waals surface area contributed by atoms with Crippen molar-refractivity contribution in [2.24, 2.45) is 5.92 Å². The number of benzene rings is 1. The van der Waals surface area contributed by atoms with Crippen molar-refractivity contribution in [3.05, 3.63) is 58.1 Å². The Bertz CT molecular complexity index is 1120. The van der Waals surface area contributed by atoms with Gasteiger partial charge >= 0.3 is 5.97 Å². The van der Waals surface area contributed by atoms with E-state index in [2.05, 4.69) is 4.98 Å². The largest absolute Gasteiger partial charge is 0.480 e. The monoisotopic (exact) mass is 400 g/mol. The number of pyridine rings is 2. The lowest BCUT2D eigenvalue weighted by Crippen LogP contribution is -2.26. The first-order valence-electron chi connectivity index (χ1n) is 9.02. The van der Waals surface area contributed by atoms with Crippen molar-refractivity contribution >= 4 is 17.0 Å². The summed E-state index contributed by atoms with van der Waals surface area (Å²) in [5.74, 6) is -1.65. The maximum atomic E-state index is 13.3. The number of ether oxygens (including phenoxy) is 1. The molecule has 3 aromatic rings. The molecule has 0 aliphatic heterocycles. The van der Waals surface area contributed by atoms with Crippen molar-refractivity contribution < 1.29 is 24.1 Å². The van der Waals surface area contributed by atoms with Gasteiger partial charge in [0.05, 0.1) is 25.1 Å². The summed E-state index contributed by atoms with van der Waals surface area (Å²) >= 11 is 0. The first kappa shape index (κ1) is 20.5. The van der Waals surface area contributed by atoms with Gasteiger partial charge in [0.2, 0.25) is 11.3 Å². The predicted molar refractivity (Wildman–Crippen MR) is 106 cm³/mol. The molecule has 2 N–H and O–H groups in total. The molecule has 2 heterocycles. The second kappa shape index (κ2) is 8.00. The van der Waals surface area contributed by atoms with Gasteiger partial charge in [-0.25, -0.2) is 9.18 Å². The van der Waals surface area contributed by atoms with Crippen LogP contribution in [-0.2, 0) is 0 Å². The Hall–Kier alpha value is -3.26. The Labute approximate surface area is 166 Å². The van der Waals surface area contributed by atoms with Crippen LogP contribution in [0, 0.1) is 11.7 Å². The van der Waals surface area contributed by atoms with E-state index in [1.165, 1.54) is 48.2 Å². The van der Waals surface area contributed by atoms with Crippen LogP contribution in [0.25, 0.3) is 22.2 Å². The summed E-state index contributed by atoms with van der Waals surface area (Å²) in [6.45, 7) is 3.48. The summed E-state index contributed by atoms with van der Waals surface area (Å²) in [5, 5.41) is 19.4. The molecular formula is C21H21FN2O5. The third kappa shape index (κ3) is 3.71. The maximum Gasteiger partial charge on any atom is 0.341 e. The van der Waals surface area contributed by atoms with Gasteiger partial charge in [-0.1, -0.05) is 26.0 Å². The Morgan fingerprint density at radius 1 is 1.28 bits per heavy atom. The van der Waals surface area contributed by atoms with Crippen molar-refractivity contribution in [2.45, 2.75) is 19.9 Å². The van der Waals surface area contributed by atoms with Gasteiger partial charge in [-0.2, -0.15) is 4.98 Å². The number of hydrogen-bond acceptors (Lipinski definition) is 5. The first-order chi connectivity index (χ1) is 13.8. The number of hydrogen-bond donors (Lipinski definition) is 2. The molecule has 1 atom stereocenters. The van der Waals surface area contributed by atoms with Crippen LogP contribution in [-0.4, -0.2) is 39.5 Å². The highest BCUT2D eigenvalue weighted by Crippen LogP contribution is 2.32. The van der Waals surface area contributed by atoms with Crippen molar-refractivity contribution in [1.29, 1.82) is 0 Å². The molecule has 152 valence electrons. The van der Waals surface area contributed by atoms with Gasteiger partial charge in [-0.3, -0.25) is 4.79 Å². The molecule has 0 fully saturated rings. The average Bonchev–Trinajstić information content (AvgIpc) is 2.69. The zero-order valence-corrected chi connectivity index (χ0v) is 16.2. The molecule has 29 heavy (non-hydrogen) atoms. The smallest absolute Gasteiger partial charge is 0.341 e. The molecule has 7 nitrogen and oxygen atoms in total.